The van der Waals surface area contributed by atoms with Crippen molar-refractivity contribution in [2.75, 3.05) is 18.4 Å². The highest BCUT2D eigenvalue weighted by atomic mass is 19.4. The number of hydrogen-bond acceptors (Lipinski definition) is 5. The maximum atomic E-state index is 12.9. The highest BCUT2D eigenvalue weighted by Crippen LogP contribution is 2.37. The molecule has 0 spiro atoms. The van der Waals surface area contributed by atoms with Gasteiger partial charge in [-0.15, -0.1) is 10.2 Å². The Morgan fingerprint density at radius 3 is 2.63 bits per heavy atom. The summed E-state index contributed by atoms with van der Waals surface area (Å²) in [6.45, 7) is 2.28. The first-order chi connectivity index (χ1) is 14.4. The van der Waals surface area contributed by atoms with Gasteiger partial charge in [-0.25, -0.2) is 0 Å². The van der Waals surface area contributed by atoms with Gasteiger partial charge < -0.3 is 10.4 Å². The maximum Gasteiger partial charge on any atom is 0.416 e. The first-order valence-corrected chi connectivity index (χ1v) is 10.2. The summed E-state index contributed by atoms with van der Waals surface area (Å²) in [5.41, 5.74) is 0.315. The van der Waals surface area contributed by atoms with Crippen molar-refractivity contribution in [1.82, 2.24) is 19.5 Å². The molecule has 2 aliphatic rings. The molecule has 0 saturated carbocycles. The zero-order valence-electron chi connectivity index (χ0n) is 16.2. The minimum Gasteiger partial charge on any atom is -0.507 e. The van der Waals surface area contributed by atoms with E-state index in [0.717, 1.165) is 44.5 Å². The fraction of sp³-hybridized carbons (Fsp3) is 0.429. The van der Waals surface area contributed by atoms with Crippen LogP contribution in [0.1, 0.15) is 31.2 Å². The molecule has 2 aromatic heterocycles. The molecule has 2 aliphatic heterocycles. The molecule has 0 unspecified atom stereocenters. The van der Waals surface area contributed by atoms with Crippen molar-refractivity contribution in [3.8, 4) is 17.0 Å². The number of phenolic OH excluding ortho intramolecular Hbond substituents is 1. The fourth-order valence-corrected chi connectivity index (χ4v) is 4.78. The number of hydrogen-bond donors (Lipinski definition) is 2. The number of aromatic hydroxyl groups is 1. The van der Waals surface area contributed by atoms with Crippen LogP contribution in [0.5, 0.6) is 5.75 Å². The van der Waals surface area contributed by atoms with Crippen molar-refractivity contribution >= 4 is 11.5 Å². The van der Waals surface area contributed by atoms with Crippen molar-refractivity contribution in [2.24, 2.45) is 0 Å². The molecule has 4 heterocycles. The predicted octanol–water partition coefficient (Wildman–Crippen LogP) is 4.16. The quantitative estimate of drug-likeness (QED) is 0.670. The smallest absolute Gasteiger partial charge is 0.416 e. The molecular formula is C21H22F3N5O. The topological polar surface area (TPSA) is 65.7 Å². The molecule has 0 bridgehead atoms. The van der Waals surface area contributed by atoms with Gasteiger partial charge in [-0.05, 0) is 69.1 Å². The van der Waals surface area contributed by atoms with Gasteiger partial charge >= 0.3 is 6.18 Å². The van der Waals surface area contributed by atoms with E-state index in [4.69, 9.17) is 0 Å². The molecule has 9 heteroatoms. The molecule has 158 valence electrons. The van der Waals surface area contributed by atoms with Crippen molar-refractivity contribution < 1.29 is 18.3 Å². The summed E-state index contributed by atoms with van der Waals surface area (Å²) in [6, 6.07) is 7.32. The van der Waals surface area contributed by atoms with Crippen LogP contribution in [0.15, 0.2) is 36.5 Å². The average molecular weight is 417 g/mol. The molecule has 0 aliphatic carbocycles. The van der Waals surface area contributed by atoms with E-state index in [-0.39, 0.29) is 11.6 Å². The summed E-state index contributed by atoms with van der Waals surface area (Å²) in [6.07, 6.45) is 1.89. The lowest BCUT2D eigenvalue weighted by Gasteiger charge is -2.37. The zero-order valence-corrected chi connectivity index (χ0v) is 16.2. The molecule has 6 nitrogen and oxygen atoms in total. The van der Waals surface area contributed by atoms with Gasteiger partial charge in [-0.2, -0.15) is 13.2 Å². The number of benzene rings is 1. The molecule has 0 amide bonds. The number of aromatic nitrogens is 3. The van der Waals surface area contributed by atoms with E-state index < -0.39 is 17.5 Å². The minimum absolute atomic E-state index is 0.213. The summed E-state index contributed by atoms with van der Waals surface area (Å²) >= 11 is 0. The van der Waals surface area contributed by atoms with Gasteiger partial charge in [0.05, 0.1) is 11.1 Å². The van der Waals surface area contributed by atoms with Crippen LogP contribution in [0.2, 0.25) is 0 Å². The number of phenols is 1. The lowest BCUT2D eigenvalue weighted by Crippen LogP contribution is -2.47. The SMILES string of the molecule is Oc1cc(C(F)(F)F)ccc1-c1nnc(N[C@H]2CCCN3CCC[C@H]23)n2cccc12. The highest BCUT2D eigenvalue weighted by molar-refractivity contribution is 5.81. The van der Waals surface area contributed by atoms with Crippen LogP contribution in [0.4, 0.5) is 19.1 Å². The molecule has 5 rings (SSSR count). The van der Waals surface area contributed by atoms with E-state index in [0.29, 0.717) is 23.2 Å². The molecule has 2 N–H and O–H groups in total. The molecule has 30 heavy (non-hydrogen) atoms. The lowest BCUT2D eigenvalue weighted by atomic mass is 9.96. The first kappa shape index (κ1) is 19.2. The minimum atomic E-state index is -4.52. The first-order valence-electron chi connectivity index (χ1n) is 10.2. The third-order valence-corrected chi connectivity index (χ3v) is 6.20. The van der Waals surface area contributed by atoms with Crippen LogP contribution < -0.4 is 5.32 Å². The van der Waals surface area contributed by atoms with Gasteiger partial charge in [0.1, 0.15) is 11.4 Å². The normalized spacial score (nSPS) is 22.4. The summed E-state index contributed by atoms with van der Waals surface area (Å²) in [5, 5.41) is 22.4. The molecule has 3 aromatic rings. The number of halogens is 3. The van der Waals surface area contributed by atoms with Crippen LogP contribution in [0, 0.1) is 0 Å². The second-order valence-electron chi connectivity index (χ2n) is 8.00. The van der Waals surface area contributed by atoms with Crippen LogP contribution in [0.3, 0.4) is 0 Å². The van der Waals surface area contributed by atoms with Crippen molar-refractivity contribution in [3.63, 3.8) is 0 Å². The van der Waals surface area contributed by atoms with Crippen molar-refractivity contribution in [1.29, 1.82) is 0 Å². The summed E-state index contributed by atoms with van der Waals surface area (Å²) in [7, 11) is 0. The number of alkyl halides is 3. The Morgan fingerprint density at radius 1 is 1.07 bits per heavy atom. The molecule has 2 fully saturated rings. The van der Waals surface area contributed by atoms with Gasteiger partial charge in [-0.3, -0.25) is 9.30 Å². The Hall–Kier alpha value is -2.81. The van der Waals surface area contributed by atoms with E-state index >= 15 is 0 Å². The Labute approximate surface area is 171 Å². The van der Waals surface area contributed by atoms with E-state index in [1.54, 1.807) is 0 Å². The Morgan fingerprint density at radius 2 is 1.87 bits per heavy atom. The highest BCUT2D eigenvalue weighted by Gasteiger charge is 2.35. The fourth-order valence-electron chi connectivity index (χ4n) is 4.78. The number of anilines is 1. The van der Waals surface area contributed by atoms with Gasteiger partial charge in [0.15, 0.2) is 0 Å². The standard InChI is InChI=1S/C21H22F3N5O/c22-21(23,24)13-7-8-14(18(30)12-13)19-17-6-3-11-29(17)20(27-26-19)25-15-4-1-9-28-10-2-5-16(15)28/h3,6-8,11-12,15-16,30H,1-2,4-5,9-10H2,(H,25,27)/t15-,16+/m0/s1. The van der Waals surface area contributed by atoms with Crippen molar-refractivity contribution in [2.45, 2.75) is 43.9 Å². The van der Waals surface area contributed by atoms with Crippen LogP contribution in [-0.2, 0) is 6.18 Å². The number of nitrogens with one attached hydrogen (secondary N) is 1. The third kappa shape index (κ3) is 3.27. The van der Waals surface area contributed by atoms with Gasteiger partial charge in [0, 0.05) is 23.8 Å². The zero-order chi connectivity index (χ0) is 20.9. The van der Waals surface area contributed by atoms with E-state index in [1.807, 2.05) is 22.7 Å². The number of fused-ring (bicyclic) bond motifs is 2. The van der Waals surface area contributed by atoms with Crippen LogP contribution in [-0.4, -0.2) is 49.8 Å². The average Bonchev–Trinajstić information content (AvgIpc) is 3.38. The Kier molecular flexibility index (Phi) is 4.57. The van der Waals surface area contributed by atoms with Crippen LogP contribution >= 0.6 is 0 Å². The summed E-state index contributed by atoms with van der Waals surface area (Å²) < 4.78 is 40.6. The summed E-state index contributed by atoms with van der Waals surface area (Å²) in [5.74, 6) is 0.126. The monoisotopic (exact) mass is 417 g/mol. The summed E-state index contributed by atoms with van der Waals surface area (Å²) in [4.78, 5) is 2.52. The predicted molar refractivity (Wildman–Crippen MR) is 106 cm³/mol. The van der Waals surface area contributed by atoms with Gasteiger partial charge in [0.25, 0.3) is 0 Å². The van der Waals surface area contributed by atoms with E-state index in [1.165, 1.54) is 12.5 Å². The van der Waals surface area contributed by atoms with E-state index in [2.05, 4.69) is 20.4 Å². The van der Waals surface area contributed by atoms with E-state index in [9.17, 15) is 18.3 Å². The Balaban J connectivity index is 1.49. The number of nitrogens with zero attached hydrogens (tertiary/aromatic N) is 4. The largest absolute Gasteiger partial charge is 0.507 e. The second-order valence-corrected chi connectivity index (χ2v) is 8.00. The molecule has 0 radical (unpaired) electrons. The molecule has 1 aromatic carbocycles. The van der Waals surface area contributed by atoms with Gasteiger partial charge in [0.2, 0.25) is 5.95 Å². The number of rotatable bonds is 3. The van der Waals surface area contributed by atoms with Crippen LogP contribution in [0.25, 0.3) is 16.8 Å². The molecule has 2 atom stereocenters. The lowest BCUT2D eigenvalue weighted by molar-refractivity contribution is -0.137. The number of piperidine rings is 1. The maximum absolute atomic E-state index is 12.9. The van der Waals surface area contributed by atoms with Gasteiger partial charge in [-0.1, -0.05) is 0 Å². The van der Waals surface area contributed by atoms with Crippen molar-refractivity contribution in [3.05, 3.63) is 42.1 Å². The Bertz CT molecular complexity index is 1080. The third-order valence-electron chi connectivity index (χ3n) is 6.20. The molecule has 2 saturated heterocycles. The second kappa shape index (κ2) is 7.16. The molecular weight excluding hydrogens is 395 g/mol.